The summed E-state index contributed by atoms with van der Waals surface area (Å²) in [5.74, 6) is -0.620. The molecule has 0 radical (unpaired) electrons. The van der Waals surface area contributed by atoms with E-state index in [0.717, 1.165) is 154 Å². The molecule has 0 aliphatic heterocycles. The maximum atomic E-state index is 12.4. The van der Waals surface area contributed by atoms with Gasteiger partial charge in [-0.15, -0.1) is 0 Å². The number of aliphatic hydroxyl groups excluding tert-OH is 1. The summed E-state index contributed by atoms with van der Waals surface area (Å²) in [6.07, 6.45) is 110. The van der Waals surface area contributed by atoms with Crippen molar-refractivity contribution in [1.29, 1.82) is 0 Å². The molecular weight excluding hydrogens is 1000 g/mol. The Morgan fingerprint density at radius 3 is 0.732 bits per heavy atom. The van der Waals surface area contributed by atoms with Crippen LogP contribution in [0.1, 0.15) is 271 Å². The molecule has 1 atom stereocenters. The lowest BCUT2D eigenvalue weighted by Gasteiger charge is -2.15. The third-order valence-electron chi connectivity index (χ3n) is 13.7. The third kappa shape index (κ3) is 67.5. The number of hydrogen-bond donors (Lipinski definition) is 1. The minimum absolute atomic E-state index is 0.0839. The Kier molecular flexibility index (Phi) is 66.0. The Hall–Kier alpha value is -5.00. The van der Waals surface area contributed by atoms with Crippen molar-refractivity contribution in [2.75, 3.05) is 13.2 Å². The molecule has 5 heteroatoms. The Balaban J connectivity index is 3.58. The number of ether oxygens (including phenoxy) is 2. The number of carbonyl (C=O) groups is 2. The predicted molar refractivity (Wildman–Crippen MR) is 361 cm³/mol. The number of rotatable bonds is 59. The summed E-state index contributed by atoms with van der Waals surface area (Å²) >= 11 is 0. The molecule has 1 unspecified atom stereocenters. The van der Waals surface area contributed by atoms with E-state index < -0.39 is 6.10 Å². The van der Waals surface area contributed by atoms with Crippen molar-refractivity contribution in [2.45, 2.75) is 277 Å². The van der Waals surface area contributed by atoms with Gasteiger partial charge in [-0.1, -0.05) is 305 Å². The van der Waals surface area contributed by atoms with E-state index in [2.05, 4.69) is 196 Å². The first-order chi connectivity index (χ1) is 40.6. The van der Waals surface area contributed by atoms with Crippen LogP contribution in [0.15, 0.2) is 182 Å². The fraction of sp³-hybridized carbons (Fsp3) is 0.584. The van der Waals surface area contributed by atoms with Gasteiger partial charge >= 0.3 is 11.9 Å². The summed E-state index contributed by atoms with van der Waals surface area (Å²) in [7, 11) is 0. The quantitative estimate of drug-likeness (QED) is 0.0373. The van der Waals surface area contributed by atoms with Crippen LogP contribution in [0.2, 0.25) is 0 Å². The van der Waals surface area contributed by atoms with E-state index in [1.807, 2.05) is 0 Å². The van der Waals surface area contributed by atoms with Crippen LogP contribution in [0.3, 0.4) is 0 Å². The normalized spacial score (nSPS) is 13.5. The fourth-order valence-corrected chi connectivity index (χ4v) is 8.79. The van der Waals surface area contributed by atoms with Crippen molar-refractivity contribution in [2.24, 2.45) is 0 Å². The van der Waals surface area contributed by atoms with Crippen molar-refractivity contribution >= 4 is 11.9 Å². The highest BCUT2D eigenvalue weighted by molar-refractivity contribution is 5.70. The molecule has 0 spiro atoms. The standard InChI is InChI=1S/C77H122O5/c1-3-5-7-9-11-13-15-17-19-21-23-25-27-29-31-33-35-37-38-40-41-43-45-47-49-51-53-55-57-59-61-63-65-67-69-71-76(79)81-74-75(73-78)82-77(80)72-70-68-66-64-62-60-58-56-54-52-50-48-46-44-42-39-36-34-32-30-28-26-24-22-20-18-16-14-12-10-8-6-4-2/h5-8,11-14,17-20,23-26,29-32,35-37,39,44,46,50,52,56,58,75,78H,3-4,9-10,15-16,21-22,27-28,33-34,38,40-43,45,47-49,51,53-55,57,59-74H2,1-2H3/b7-5-,8-6-,13-11-,14-12-,19-17-,20-18-,25-23-,26-24-,31-29-,32-30-,37-35-,39-36-,46-44-,52-50-,58-56-. The summed E-state index contributed by atoms with van der Waals surface area (Å²) in [6.45, 7) is 3.90. The van der Waals surface area contributed by atoms with Gasteiger partial charge in [-0.25, -0.2) is 0 Å². The smallest absolute Gasteiger partial charge is 0.306 e. The molecule has 1 N–H and O–H groups in total. The van der Waals surface area contributed by atoms with E-state index in [-0.39, 0.29) is 25.2 Å². The SMILES string of the molecule is CC/C=C\C/C=C\C/C=C\C/C=C\C/C=C\C/C=C\C/C=C\C/C=C\C/C=C\CCCCCCCC(=O)OC(CO)COC(=O)CCCCCCCCCCCCCCCCCC/C=C\C/C=C\C/C=C\C/C=C\C/C=C\C/C=C\CC. The van der Waals surface area contributed by atoms with Gasteiger partial charge in [0.1, 0.15) is 6.61 Å². The molecule has 0 saturated carbocycles. The van der Waals surface area contributed by atoms with Gasteiger partial charge in [0.25, 0.3) is 0 Å². The molecule has 0 saturated heterocycles. The molecule has 0 bridgehead atoms. The zero-order valence-electron chi connectivity index (χ0n) is 52.7. The number of allylic oxidation sites excluding steroid dienone is 30. The lowest BCUT2D eigenvalue weighted by atomic mass is 10.0. The van der Waals surface area contributed by atoms with E-state index in [9.17, 15) is 14.7 Å². The fourth-order valence-electron chi connectivity index (χ4n) is 8.79. The Labute approximate surface area is 505 Å². The second-order valence-electron chi connectivity index (χ2n) is 21.4. The maximum Gasteiger partial charge on any atom is 0.306 e. The predicted octanol–water partition coefficient (Wildman–Crippen LogP) is 23.4. The summed E-state index contributed by atoms with van der Waals surface area (Å²) in [5, 5.41) is 9.69. The van der Waals surface area contributed by atoms with E-state index >= 15 is 0 Å². The average Bonchev–Trinajstić information content (AvgIpc) is 3.49. The van der Waals surface area contributed by atoms with Crippen LogP contribution in [0.5, 0.6) is 0 Å². The van der Waals surface area contributed by atoms with Crippen LogP contribution in [0.4, 0.5) is 0 Å². The lowest BCUT2D eigenvalue weighted by Crippen LogP contribution is -2.28. The minimum Gasteiger partial charge on any atom is -0.462 e. The van der Waals surface area contributed by atoms with E-state index in [4.69, 9.17) is 9.47 Å². The number of hydrogen-bond acceptors (Lipinski definition) is 5. The van der Waals surface area contributed by atoms with E-state index in [1.54, 1.807) is 0 Å². The van der Waals surface area contributed by atoms with Crippen LogP contribution in [0.25, 0.3) is 0 Å². The number of esters is 2. The van der Waals surface area contributed by atoms with Crippen LogP contribution in [0, 0.1) is 0 Å². The largest absolute Gasteiger partial charge is 0.462 e. The Bertz CT molecular complexity index is 1850. The monoisotopic (exact) mass is 1130 g/mol. The van der Waals surface area contributed by atoms with Gasteiger partial charge in [-0.05, 0) is 135 Å². The molecule has 0 aliphatic rings. The summed E-state index contributed by atoms with van der Waals surface area (Å²) in [5.41, 5.74) is 0. The molecule has 5 nitrogen and oxygen atoms in total. The topological polar surface area (TPSA) is 72.8 Å². The molecule has 0 aliphatic carbocycles. The van der Waals surface area contributed by atoms with Gasteiger partial charge < -0.3 is 14.6 Å². The van der Waals surface area contributed by atoms with Gasteiger partial charge in [0.15, 0.2) is 6.10 Å². The summed E-state index contributed by atoms with van der Waals surface area (Å²) in [6, 6.07) is 0. The van der Waals surface area contributed by atoms with Crippen molar-refractivity contribution in [3.63, 3.8) is 0 Å². The van der Waals surface area contributed by atoms with Crippen LogP contribution < -0.4 is 0 Å². The van der Waals surface area contributed by atoms with Crippen molar-refractivity contribution in [3.8, 4) is 0 Å². The first-order valence-corrected chi connectivity index (χ1v) is 33.3. The highest BCUT2D eigenvalue weighted by Crippen LogP contribution is 2.16. The highest BCUT2D eigenvalue weighted by Gasteiger charge is 2.16. The zero-order chi connectivity index (χ0) is 59.1. The molecule has 0 fully saturated rings. The second-order valence-corrected chi connectivity index (χ2v) is 21.4. The van der Waals surface area contributed by atoms with Gasteiger partial charge in [0, 0.05) is 12.8 Å². The molecule has 82 heavy (non-hydrogen) atoms. The molecular formula is C77H122O5. The minimum atomic E-state index is -0.797. The number of unbranched alkanes of at least 4 members (excludes halogenated alkanes) is 21. The van der Waals surface area contributed by atoms with Gasteiger partial charge in [0.05, 0.1) is 6.61 Å². The Morgan fingerprint density at radius 1 is 0.280 bits per heavy atom. The van der Waals surface area contributed by atoms with Crippen LogP contribution in [-0.2, 0) is 19.1 Å². The third-order valence-corrected chi connectivity index (χ3v) is 13.7. The zero-order valence-corrected chi connectivity index (χ0v) is 52.7. The van der Waals surface area contributed by atoms with Crippen LogP contribution in [-0.4, -0.2) is 36.4 Å². The molecule has 460 valence electrons. The molecule has 0 aromatic rings. The van der Waals surface area contributed by atoms with Gasteiger partial charge in [-0.3, -0.25) is 9.59 Å². The van der Waals surface area contributed by atoms with Gasteiger partial charge in [0.2, 0.25) is 0 Å². The number of carbonyl (C=O) groups excluding carboxylic acids is 2. The molecule has 0 heterocycles. The first kappa shape index (κ1) is 77.0. The first-order valence-electron chi connectivity index (χ1n) is 33.3. The summed E-state index contributed by atoms with van der Waals surface area (Å²) < 4.78 is 10.7. The van der Waals surface area contributed by atoms with Crippen molar-refractivity contribution in [3.05, 3.63) is 182 Å². The van der Waals surface area contributed by atoms with Crippen molar-refractivity contribution < 1.29 is 24.2 Å². The van der Waals surface area contributed by atoms with E-state index in [1.165, 1.54) is 89.9 Å². The average molecular weight is 1130 g/mol. The Morgan fingerprint density at radius 2 is 0.488 bits per heavy atom. The number of aliphatic hydroxyl groups is 1. The lowest BCUT2D eigenvalue weighted by molar-refractivity contribution is -0.161. The summed E-state index contributed by atoms with van der Waals surface area (Å²) in [4.78, 5) is 24.6. The van der Waals surface area contributed by atoms with Gasteiger partial charge in [-0.2, -0.15) is 0 Å². The highest BCUT2D eigenvalue weighted by atomic mass is 16.6. The molecule has 0 rings (SSSR count). The van der Waals surface area contributed by atoms with E-state index in [0.29, 0.717) is 12.8 Å². The van der Waals surface area contributed by atoms with Crippen LogP contribution >= 0.6 is 0 Å². The molecule has 0 aromatic carbocycles. The second kappa shape index (κ2) is 70.3. The molecule has 0 aromatic heterocycles. The van der Waals surface area contributed by atoms with Crippen molar-refractivity contribution in [1.82, 2.24) is 0 Å². The maximum absolute atomic E-state index is 12.4. The molecule has 0 amide bonds.